The maximum atomic E-state index is 12.1. The Bertz CT molecular complexity index is 903. The maximum absolute atomic E-state index is 12.1. The molecule has 0 spiro atoms. The van der Waals surface area contributed by atoms with Gasteiger partial charge in [0, 0.05) is 43.9 Å². The number of azide groups is 1. The lowest BCUT2D eigenvalue weighted by Crippen LogP contribution is -2.36. The molecule has 2 aromatic rings. The Balaban J connectivity index is 2.04. The molecule has 1 N–H and O–H groups in total. The number of nitrogens with zero attached hydrogens (tertiary/aromatic N) is 5. The van der Waals surface area contributed by atoms with Crippen molar-refractivity contribution in [3.8, 4) is 0 Å². The van der Waals surface area contributed by atoms with E-state index in [1.54, 1.807) is 25.3 Å². The standard InChI is InChI=1S/C18H19N5O3/c1-22(9-10-23(2)18(25)26)17(24)8-4-13-3-5-15-12-16(20-21-19)7-6-14(15)11-13/h3-8,11-12H,9-10H2,1-2H3,(H,25,26). The van der Waals surface area contributed by atoms with Crippen molar-refractivity contribution in [2.45, 2.75) is 0 Å². The predicted molar refractivity (Wildman–Crippen MR) is 100 cm³/mol. The monoisotopic (exact) mass is 353 g/mol. The fraction of sp³-hybridized carbons (Fsp3) is 0.222. The van der Waals surface area contributed by atoms with Crippen molar-refractivity contribution in [2.75, 3.05) is 27.2 Å². The summed E-state index contributed by atoms with van der Waals surface area (Å²) in [5.74, 6) is -0.206. The predicted octanol–water partition coefficient (Wildman–Crippen LogP) is 3.86. The lowest BCUT2D eigenvalue weighted by atomic mass is 10.1. The smallest absolute Gasteiger partial charge is 0.407 e. The van der Waals surface area contributed by atoms with Crippen molar-refractivity contribution in [1.29, 1.82) is 0 Å². The average molecular weight is 353 g/mol. The van der Waals surface area contributed by atoms with Gasteiger partial charge in [-0.1, -0.05) is 29.4 Å². The van der Waals surface area contributed by atoms with Crippen molar-refractivity contribution >= 4 is 34.5 Å². The van der Waals surface area contributed by atoms with Gasteiger partial charge in [0.05, 0.1) is 0 Å². The van der Waals surface area contributed by atoms with E-state index in [-0.39, 0.29) is 12.5 Å². The summed E-state index contributed by atoms with van der Waals surface area (Å²) in [6.45, 7) is 0.556. The number of amides is 2. The fourth-order valence-corrected chi connectivity index (χ4v) is 2.27. The SMILES string of the molecule is CN(CCN(C)C(=O)C=Cc1ccc2cc(N=[N+]=[N-])ccc2c1)C(=O)O. The second-order valence-corrected chi connectivity index (χ2v) is 5.78. The van der Waals surface area contributed by atoms with Crippen LogP contribution in [0.15, 0.2) is 47.6 Å². The molecule has 0 bridgehead atoms. The Morgan fingerprint density at radius 2 is 1.77 bits per heavy atom. The second kappa shape index (κ2) is 8.55. The van der Waals surface area contributed by atoms with Gasteiger partial charge in [0.2, 0.25) is 5.91 Å². The van der Waals surface area contributed by atoms with E-state index in [1.807, 2.05) is 24.3 Å². The van der Waals surface area contributed by atoms with Gasteiger partial charge in [-0.3, -0.25) is 4.79 Å². The van der Waals surface area contributed by atoms with Crippen molar-refractivity contribution in [3.63, 3.8) is 0 Å². The molecule has 8 heteroatoms. The maximum Gasteiger partial charge on any atom is 0.407 e. The van der Waals surface area contributed by atoms with Crippen molar-refractivity contribution < 1.29 is 14.7 Å². The van der Waals surface area contributed by atoms with Crippen LogP contribution < -0.4 is 0 Å². The molecule has 0 aliphatic heterocycles. The summed E-state index contributed by atoms with van der Waals surface area (Å²) >= 11 is 0. The van der Waals surface area contributed by atoms with E-state index in [4.69, 9.17) is 10.6 Å². The number of carboxylic acid groups (broad SMARTS) is 1. The minimum absolute atomic E-state index is 0.206. The summed E-state index contributed by atoms with van der Waals surface area (Å²) in [4.78, 5) is 28.2. The molecule has 0 fully saturated rings. The minimum atomic E-state index is -1.03. The van der Waals surface area contributed by atoms with Crippen LogP contribution in [0.1, 0.15) is 5.56 Å². The summed E-state index contributed by atoms with van der Waals surface area (Å²) in [6.07, 6.45) is 2.14. The first-order chi connectivity index (χ1) is 12.4. The van der Waals surface area contributed by atoms with Gasteiger partial charge >= 0.3 is 6.09 Å². The molecule has 8 nitrogen and oxygen atoms in total. The number of hydrogen-bond donors (Lipinski definition) is 1. The summed E-state index contributed by atoms with van der Waals surface area (Å²) in [7, 11) is 3.08. The zero-order chi connectivity index (χ0) is 19.1. The second-order valence-electron chi connectivity index (χ2n) is 5.78. The fourth-order valence-electron chi connectivity index (χ4n) is 2.27. The molecule has 0 aromatic heterocycles. The Labute approximate surface area is 150 Å². The molecule has 2 rings (SSSR count). The van der Waals surface area contributed by atoms with Crippen LogP contribution in [-0.2, 0) is 4.79 Å². The molecular formula is C18H19N5O3. The molecule has 2 aromatic carbocycles. The van der Waals surface area contributed by atoms with Gasteiger partial charge in [0.15, 0.2) is 0 Å². The van der Waals surface area contributed by atoms with Crippen LogP contribution in [0.3, 0.4) is 0 Å². The van der Waals surface area contributed by atoms with E-state index in [0.29, 0.717) is 12.2 Å². The quantitative estimate of drug-likeness (QED) is 0.368. The van der Waals surface area contributed by atoms with E-state index in [0.717, 1.165) is 21.2 Å². The van der Waals surface area contributed by atoms with E-state index in [1.165, 1.54) is 18.0 Å². The van der Waals surface area contributed by atoms with E-state index in [2.05, 4.69) is 10.0 Å². The van der Waals surface area contributed by atoms with Gasteiger partial charge in [0.1, 0.15) is 0 Å². The average Bonchev–Trinajstić information content (AvgIpc) is 2.63. The highest BCUT2D eigenvalue weighted by Gasteiger charge is 2.09. The molecule has 2 amide bonds. The Kier molecular flexibility index (Phi) is 6.19. The number of carbonyl (C=O) groups is 2. The molecule has 0 atom stereocenters. The zero-order valence-corrected chi connectivity index (χ0v) is 14.5. The molecule has 134 valence electrons. The Morgan fingerprint density at radius 1 is 1.12 bits per heavy atom. The normalized spacial score (nSPS) is 10.5. The topological polar surface area (TPSA) is 110 Å². The largest absolute Gasteiger partial charge is 0.465 e. The molecule has 0 heterocycles. The van der Waals surface area contributed by atoms with Gasteiger partial charge in [-0.05, 0) is 40.1 Å². The Hall–Kier alpha value is -3.51. The number of fused-ring (bicyclic) bond motifs is 1. The highest BCUT2D eigenvalue weighted by Crippen LogP contribution is 2.23. The van der Waals surface area contributed by atoms with E-state index in [9.17, 15) is 9.59 Å². The molecule has 0 saturated carbocycles. The van der Waals surface area contributed by atoms with Gasteiger partial charge in [-0.15, -0.1) is 0 Å². The third kappa shape index (κ3) is 4.99. The van der Waals surface area contributed by atoms with Gasteiger partial charge in [-0.25, -0.2) is 4.79 Å². The Morgan fingerprint density at radius 3 is 2.46 bits per heavy atom. The van der Waals surface area contributed by atoms with Gasteiger partial charge in [0.25, 0.3) is 0 Å². The number of benzene rings is 2. The number of hydrogen-bond acceptors (Lipinski definition) is 3. The number of likely N-dealkylation sites (N-methyl/N-ethyl adjacent to an activating group) is 2. The molecular weight excluding hydrogens is 334 g/mol. The molecule has 26 heavy (non-hydrogen) atoms. The lowest BCUT2D eigenvalue weighted by Gasteiger charge is -2.19. The van der Waals surface area contributed by atoms with E-state index < -0.39 is 6.09 Å². The summed E-state index contributed by atoms with van der Waals surface area (Å²) in [6, 6.07) is 11.1. The van der Waals surface area contributed by atoms with Crippen molar-refractivity contribution in [2.24, 2.45) is 5.11 Å². The molecule has 0 unspecified atom stereocenters. The molecule has 0 saturated heterocycles. The van der Waals surface area contributed by atoms with Gasteiger partial charge < -0.3 is 14.9 Å². The van der Waals surface area contributed by atoms with Crippen LogP contribution in [0.2, 0.25) is 0 Å². The highest BCUT2D eigenvalue weighted by molar-refractivity contribution is 5.93. The van der Waals surface area contributed by atoms with E-state index >= 15 is 0 Å². The van der Waals surface area contributed by atoms with Crippen LogP contribution in [0.25, 0.3) is 27.3 Å². The zero-order valence-electron chi connectivity index (χ0n) is 14.5. The van der Waals surface area contributed by atoms with Crippen LogP contribution in [0.5, 0.6) is 0 Å². The summed E-state index contributed by atoms with van der Waals surface area (Å²) in [5, 5.41) is 14.3. The van der Waals surface area contributed by atoms with Gasteiger partial charge in [-0.2, -0.15) is 0 Å². The first-order valence-electron chi connectivity index (χ1n) is 7.87. The van der Waals surface area contributed by atoms with Crippen LogP contribution in [0, 0.1) is 0 Å². The lowest BCUT2D eigenvalue weighted by molar-refractivity contribution is -0.124. The summed E-state index contributed by atoms with van der Waals surface area (Å²) < 4.78 is 0. The van der Waals surface area contributed by atoms with Crippen molar-refractivity contribution in [1.82, 2.24) is 9.80 Å². The molecule has 0 aliphatic carbocycles. The first-order valence-corrected chi connectivity index (χ1v) is 7.87. The highest BCUT2D eigenvalue weighted by atomic mass is 16.4. The summed E-state index contributed by atoms with van der Waals surface area (Å²) in [5.41, 5.74) is 9.89. The number of carbonyl (C=O) groups excluding carboxylic acids is 1. The third-order valence-electron chi connectivity index (χ3n) is 3.90. The van der Waals surface area contributed by atoms with Crippen LogP contribution >= 0.6 is 0 Å². The van der Waals surface area contributed by atoms with Crippen LogP contribution in [-0.4, -0.2) is 54.1 Å². The van der Waals surface area contributed by atoms with Crippen molar-refractivity contribution in [3.05, 3.63) is 58.5 Å². The minimum Gasteiger partial charge on any atom is -0.465 e. The third-order valence-corrected chi connectivity index (χ3v) is 3.90. The first kappa shape index (κ1) is 18.8. The molecule has 0 aliphatic rings. The number of rotatable bonds is 6. The van der Waals surface area contributed by atoms with Crippen LogP contribution in [0.4, 0.5) is 10.5 Å². The molecule has 0 radical (unpaired) electrons.